The van der Waals surface area contributed by atoms with Crippen LogP contribution in [0.1, 0.15) is 0 Å². The smallest absolute Gasteiger partial charge is 0.355 e. The third-order valence-electron chi connectivity index (χ3n) is 3.92. The number of rotatable bonds is 3. The van der Waals surface area contributed by atoms with Crippen molar-refractivity contribution in [2.75, 3.05) is 7.11 Å². The van der Waals surface area contributed by atoms with Crippen LogP contribution in [0.4, 0.5) is 0 Å². The average Bonchev–Trinajstić information content (AvgIpc) is 3.00. The first kappa shape index (κ1) is 14.9. The minimum atomic E-state index is -0.425. The molecule has 0 bridgehead atoms. The van der Waals surface area contributed by atoms with Crippen LogP contribution in [0.2, 0.25) is 0 Å². The molecule has 4 rings (SSSR count). The Kier molecular flexibility index (Phi) is 3.46. The van der Waals surface area contributed by atoms with E-state index in [1.807, 2.05) is 30.3 Å². The summed E-state index contributed by atoms with van der Waals surface area (Å²) in [6.45, 7) is 0. The lowest BCUT2D eigenvalue weighted by Crippen LogP contribution is -2.21. The summed E-state index contributed by atoms with van der Waals surface area (Å²) in [6.07, 6.45) is 1.58. The van der Waals surface area contributed by atoms with Gasteiger partial charge in [-0.25, -0.2) is 9.20 Å². The molecule has 0 aliphatic carbocycles. The zero-order valence-corrected chi connectivity index (χ0v) is 13.3. The molecule has 4 aromatic rings. The fourth-order valence-corrected chi connectivity index (χ4v) is 2.65. The molecule has 0 unspecified atom stereocenters. The lowest BCUT2D eigenvalue weighted by molar-refractivity contribution is 0.414. The molecule has 2 aromatic carbocycles. The zero-order valence-electron chi connectivity index (χ0n) is 13.3. The van der Waals surface area contributed by atoms with Gasteiger partial charge < -0.3 is 9.72 Å². The highest BCUT2D eigenvalue weighted by Crippen LogP contribution is 2.15. The van der Waals surface area contributed by atoms with Gasteiger partial charge in [-0.3, -0.25) is 4.79 Å². The van der Waals surface area contributed by atoms with Gasteiger partial charge in [0.25, 0.3) is 5.56 Å². The maximum atomic E-state index is 12.7. The Morgan fingerprint density at radius 1 is 1.00 bits per heavy atom. The summed E-state index contributed by atoms with van der Waals surface area (Å²) in [5, 5.41) is 4.15. The second-order valence-electron chi connectivity index (χ2n) is 5.45. The molecule has 0 atom stereocenters. The highest BCUT2D eigenvalue weighted by molar-refractivity contribution is 5.59. The van der Waals surface area contributed by atoms with Gasteiger partial charge in [-0.2, -0.15) is 4.68 Å². The Hall–Kier alpha value is -3.61. The lowest BCUT2D eigenvalue weighted by Gasteiger charge is -2.01. The monoisotopic (exact) mass is 334 g/mol. The van der Waals surface area contributed by atoms with E-state index in [1.165, 1.54) is 9.08 Å². The molecule has 2 aromatic heterocycles. The molecule has 7 nitrogen and oxygen atoms in total. The maximum absolute atomic E-state index is 12.7. The minimum absolute atomic E-state index is 0.0421. The zero-order chi connectivity index (χ0) is 17.4. The van der Waals surface area contributed by atoms with Gasteiger partial charge in [0.2, 0.25) is 5.65 Å². The number of methoxy groups -OCH3 is 1. The molecule has 25 heavy (non-hydrogen) atoms. The molecule has 0 amide bonds. The van der Waals surface area contributed by atoms with Crippen LogP contribution in [-0.2, 0) is 0 Å². The number of aromatic nitrogens is 4. The first-order chi connectivity index (χ1) is 12.2. The van der Waals surface area contributed by atoms with E-state index in [2.05, 4.69) is 10.1 Å². The van der Waals surface area contributed by atoms with E-state index in [9.17, 15) is 9.59 Å². The predicted molar refractivity (Wildman–Crippen MR) is 93.4 cm³/mol. The molecule has 0 saturated carbocycles. The highest BCUT2D eigenvalue weighted by Gasteiger charge is 2.13. The second-order valence-corrected chi connectivity index (χ2v) is 5.45. The van der Waals surface area contributed by atoms with E-state index in [1.54, 1.807) is 37.6 Å². The van der Waals surface area contributed by atoms with Crippen LogP contribution in [0.25, 0.3) is 22.6 Å². The standard InChI is InChI=1S/C18H14N4O3/c1-25-14-9-7-13(8-10-14)22-18(24)21-11-15(12-5-3-2-4-6-12)19-17(23)16(21)20-22/h2-11H,1H3,(H,19,23). The van der Waals surface area contributed by atoms with Crippen LogP contribution in [0, 0.1) is 0 Å². The van der Waals surface area contributed by atoms with Gasteiger partial charge in [-0.15, -0.1) is 5.10 Å². The largest absolute Gasteiger partial charge is 0.497 e. The van der Waals surface area contributed by atoms with Gasteiger partial charge in [-0.05, 0) is 29.8 Å². The van der Waals surface area contributed by atoms with Gasteiger partial charge in [0, 0.05) is 6.20 Å². The molecule has 0 radical (unpaired) electrons. The van der Waals surface area contributed by atoms with Gasteiger partial charge >= 0.3 is 5.69 Å². The van der Waals surface area contributed by atoms with E-state index in [4.69, 9.17) is 4.74 Å². The van der Waals surface area contributed by atoms with Crippen LogP contribution < -0.4 is 16.0 Å². The van der Waals surface area contributed by atoms with Crippen LogP contribution in [0.3, 0.4) is 0 Å². The molecule has 1 N–H and O–H groups in total. The number of nitrogens with zero attached hydrogens (tertiary/aromatic N) is 3. The number of nitrogens with one attached hydrogen (secondary N) is 1. The third kappa shape index (κ3) is 2.51. The Balaban J connectivity index is 1.91. The number of fused-ring (bicyclic) bond motifs is 1. The number of hydrogen-bond acceptors (Lipinski definition) is 4. The average molecular weight is 334 g/mol. The Morgan fingerprint density at radius 3 is 2.40 bits per heavy atom. The van der Waals surface area contributed by atoms with Crippen molar-refractivity contribution in [3.05, 3.63) is 81.6 Å². The van der Waals surface area contributed by atoms with Crippen LogP contribution in [0.5, 0.6) is 5.75 Å². The molecule has 0 aliphatic heterocycles. The first-order valence-electron chi connectivity index (χ1n) is 7.62. The number of benzene rings is 2. The third-order valence-corrected chi connectivity index (χ3v) is 3.92. The van der Waals surface area contributed by atoms with Crippen molar-refractivity contribution in [3.63, 3.8) is 0 Å². The van der Waals surface area contributed by atoms with Crippen molar-refractivity contribution in [2.45, 2.75) is 0 Å². The fraction of sp³-hybridized carbons (Fsp3) is 0.0556. The van der Waals surface area contributed by atoms with Crippen molar-refractivity contribution >= 4 is 5.65 Å². The van der Waals surface area contributed by atoms with Gasteiger partial charge in [0.05, 0.1) is 18.5 Å². The minimum Gasteiger partial charge on any atom is -0.497 e. The molecule has 2 heterocycles. The van der Waals surface area contributed by atoms with Crippen LogP contribution in [0.15, 0.2) is 70.4 Å². The summed E-state index contributed by atoms with van der Waals surface area (Å²) in [4.78, 5) is 27.8. The predicted octanol–water partition coefficient (Wildman–Crippen LogP) is 1.85. The number of aromatic amines is 1. The van der Waals surface area contributed by atoms with Crippen LogP contribution >= 0.6 is 0 Å². The number of hydrogen-bond donors (Lipinski definition) is 1. The topological polar surface area (TPSA) is 81.4 Å². The van der Waals surface area contributed by atoms with Crippen LogP contribution in [-0.4, -0.2) is 26.3 Å². The van der Waals surface area contributed by atoms with Crippen molar-refractivity contribution in [1.29, 1.82) is 0 Å². The van der Waals surface area contributed by atoms with Gasteiger partial charge in [-0.1, -0.05) is 30.3 Å². The normalized spacial score (nSPS) is 10.9. The van der Waals surface area contributed by atoms with Gasteiger partial charge in [0.15, 0.2) is 0 Å². The summed E-state index contributed by atoms with van der Waals surface area (Å²) >= 11 is 0. The van der Waals surface area contributed by atoms with Crippen molar-refractivity contribution in [2.24, 2.45) is 0 Å². The molecule has 0 spiro atoms. The Bertz CT molecular complexity index is 1160. The van der Waals surface area contributed by atoms with E-state index < -0.39 is 11.2 Å². The summed E-state index contributed by atoms with van der Waals surface area (Å²) < 4.78 is 7.56. The maximum Gasteiger partial charge on any atom is 0.355 e. The second kappa shape index (κ2) is 5.79. The molecule has 0 fully saturated rings. The summed E-state index contributed by atoms with van der Waals surface area (Å²) in [5.41, 5.74) is 1.12. The molecular weight excluding hydrogens is 320 g/mol. The molecule has 0 saturated heterocycles. The van der Waals surface area contributed by atoms with E-state index >= 15 is 0 Å². The summed E-state index contributed by atoms with van der Waals surface area (Å²) in [5.74, 6) is 0.671. The lowest BCUT2D eigenvalue weighted by atomic mass is 10.2. The molecule has 7 heteroatoms. The molecule has 0 aliphatic rings. The SMILES string of the molecule is COc1ccc(-n2nc3c(=O)[nH]c(-c4ccccc4)cn3c2=O)cc1. The first-order valence-corrected chi connectivity index (χ1v) is 7.62. The van der Waals surface area contributed by atoms with Crippen molar-refractivity contribution in [1.82, 2.24) is 19.2 Å². The number of H-pyrrole nitrogens is 1. The Morgan fingerprint density at radius 2 is 1.72 bits per heavy atom. The van der Waals surface area contributed by atoms with E-state index in [0.29, 0.717) is 17.1 Å². The molecular formula is C18H14N4O3. The number of ether oxygens (including phenoxy) is 1. The summed E-state index contributed by atoms with van der Waals surface area (Å²) in [7, 11) is 1.57. The Labute approximate surface area is 141 Å². The van der Waals surface area contributed by atoms with Crippen molar-refractivity contribution < 1.29 is 4.74 Å². The quantitative estimate of drug-likeness (QED) is 0.620. The van der Waals surface area contributed by atoms with Crippen molar-refractivity contribution in [3.8, 4) is 22.7 Å². The highest BCUT2D eigenvalue weighted by atomic mass is 16.5. The van der Waals surface area contributed by atoms with E-state index in [0.717, 1.165) is 5.56 Å². The fourth-order valence-electron chi connectivity index (χ4n) is 2.65. The summed E-state index contributed by atoms with van der Waals surface area (Å²) in [6, 6.07) is 16.2. The molecule has 124 valence electrons. The van der Waals surface area contributed by atoms with E-state index in [-0.39, 0.29) is 5.65 Å². The van der Waals surface area contributed by atoms with Gasteiger partial charge in [0.1, 0.15) is 5.75 Å².